The lowest BCUT2D eigenvalue weighted by Crippen LogP contribution is -2.43. The molecule has 0 saturated heterocycles. The highest BCUT2D eigenvalue weighted by Gasteiger charge is 2.15. The first-order chi connectivity index (χ1) is 7.91. The van der Waals surface area contributed by atoms with Crippen molar-refractivity contribution in [3.8, 4) is 0 Å². The fraction of sp³-hybridized carbons (Fsp3) is 0.917. The first-order valence-electron chi connectivity index (χ1n) is 6.05. The van der Waals surface area contributed by atoms with Gasteiger partial charge in [-0.3, -0.25) is 4.99 Å². The second kappa shape index (κ2) is 11.2. The smallest absolute Gasteiger partial charge is 0.191 e. The third-order valence-electron chi connectivity index (χ3n) is 2.53. The van der Waals surface area contributed by atoms with Gasteiger partial charge in [0.05, 0.1) is 0 Å². The standard InChI is InChI=1S/C12H28N4S.HI/c1-12(2,17-6)10-15-11(13-3)14-8-7-9-16(4)5;/h7-10H2,1-6H3,(H2,13,14,15);1H. The Labute approximate surface area is 134 Å². The molecule has 0 bridgehead atoms. The van der Waals surface area contributed by atoms with Crippen LogP contribution >= 0.6 is 35.7 Å². The van der Waals surface area contributed by atoms with Crippen molar-refractivity contribution in [2.45, 2.75) is 25.0 Å². The lowest BCUT2D eigenvalue weighted by Gasteiger charge is -2.23. The number of hydrogen-bond acceptors (Lipinski definition) is 3. The zero-order chi connectivity index (χ0) is 13.3. The first kappa shape index (κ1) is 20.6. The molecule has 0 rings (SSSR count). The van der Waals surface area contributed by atoms with E-state index < -0.39 is 0 Å². The molecular formula is C12H29IN4S. The van der Waals surface area contributed by atoms with E-state index in [1.54, 1.807) is 0 Å². The van der Waals surface area contributed by atoms with Crippen LogP contribution in [0.4, 0.5) is 0 Å². The largest absolute Gasteiger partial charge is 0.356 e. The maximum Gasteiger partial charge on any atom is 0.191 e. The average Bonchev–Trinajstić information content (AvgIpc) is 2.28. The minimum atomic E-state index is 0. The molecule has 0 radical (unpaired) electrons. The van der Waals surface area contributed by atoms with Crippen LogP contribution in [0.25, 0.3) is 0 Å². The van der Waals surface area contributed by atoms with Gasteiger partial charge in [0.15, 0.2) is 5.96 Å². The number of nitrogens with one attached hydrogen (secondary N) is 2. The van der Waals surface area contributed by atoms with Crippen molar-refractivity contribution < 1.29 is 0 Å². The summed E-state index contributed by atoms with van der Waals surface area (Å²) in [5.41, 5.74) is 0. The molecule has 0 fully saturated rings. The normalized spacial score (nSPS) is 12.3. The van der Waals surface area contributed by atoms with Crippen LogP contribution in [-0.4, -0.2) is 62.6 Å². The molecule has 0 unspecified atom stereocenters. The Morgan fingerprint density at radius 1 is 1.28 bits per heavy atom. The first-order valence-corrected chi connectivity index (χ1v) is 7.28. The van der Waals surface area contributed by atoms with Crippen LogP contribution in [-0.2, 0) is 0 Å². The van der Waals surface area contributed by atoms with Crippen LogP contribution in [0.2, 0.25) is 0 Å². The lowest BCUT2D eigenvalue weighted by atomic mass is 10.2. The third-order valence-corrected chi connectivity index (χ3v) is 3.78. The summed E-state index contributed by atoms with van der Waals surface area (Å²) in [6.45, 7) is 7.42. The number of nitrogens with zero attached hydrogens (tertiary/aromatic N) is 2. The van der Waals surface area contributed by atoms with Crippen LogP contribution in [0.3, 0.4) is 0 Å². The minimum Gasteiger partial charge on any atom is -0.356 e. The molecule has 6 heteroatoms. The molecule has 0 saturated carbocycles. The molecule has 0 aliphatic carbocycles. The van der Waals surface area contributed by atoms with E-state index in [9.17, 15) is 0 Å². The second-order valence-electron chi connectivity index (χ2n) is 4.97. The number of thioether (sulfide) groups is 1. The molecule has 0 aliphatic heterocycles. The van der Waals surface area contributed by atoms with E-state index in [4.69, 9.17) is 0 Å². The van der Waals surface area contributed by atoms with Gasteiger partial charge in [-0.2, -0.15) is 11.8 Å². The fourth-order valence-corrected chi connectivity index (χ4v) is 1.41. The Kier molecular flexibility index (Phi) is 12.8. The Hall–Kier alpha value is 0.310. The van der Waals surface area contributed by atoms with E-state index in [2.05, 4.69) is 54.7 Å². The molecule has 0 amide bonds. The zero-order valence-electron chi connectivity index (χ0n) is 12.5. The SMILES string of the molecule is CN=C(NCCCN(C)C)NCC(C)(C)SC.I. The Bertz CT molecular complexity index is 232. The van der Waals surface area contributed by atoms with Gasteiger partial charge in [0.2, 0.25) is 0 Å². The Balaban J connectivity index is 0. The van der Waals surface area contributed by atoms with Gasteiger partial charge in [-0.25, -0.2) is 0 Å². The van der Waals surface area contributed by atoms with Gasteiger partial charge in [-0.1, -0.05) is 0 Å². The molecule has 0 atom stereocenters. The molecule has 0 heterocycles. The summed E-state index contributed by atoms with van der Waals surface area (Å²) in [4.78, 5) is 6.40. The van der Waals surface area contributed by atoms with Gasteiger partial charge in [0.1, 0.15) is 0 Å². The van der Waals surface area contributed by atoms with Crippen LogP contribution in [0.5, 0.6) is 0 Å². The average molecular weight is 388 g/mol. The summed E-state index contributed by atoms with van der Waals surface area (Å²) in [5, 5.41) is 6.68. The quantitative estimate of drug-likeness (QED) is 0.302. The summed E-state index contributed by atoms with van der Waals surface area (Å²) in [7, 11) is 6.00. The van der Waals surface area contributed by atoms with E-state index in [0.29, 0.717) is 0 Å². The highest BCUT2D eigenvalue weighted by atomic mass is 127. The van der Waals surface area contributed by atoms with Crippen LogP contribution in [0.1, 0.15) is 20.3 Å². The molecule has 0 aliphatic rings. The van der Waals surface area contributed by atoms with Gasteiger partial charge in [-0.15, -0.1) is 24.0 Å². The van der Waals surface area contributed by atoms with Gasteiger partial charge in [-0.05, 0) is 47.2 Å². The summed E-state index contributed by atoms with van der Waals surface area (Å²) >= 11 is 1.86. The summed E-state index contributed by atoms with van der Waals surface area (Å²) in [6, 6.07) is 0. The summed E-state index contributed by atoms with van der Waals surface area (Å²) in [5.74, 6) is 0.894. The maximum absolute atomic E-state index is 4.21. The van der Waals surface area contributed by atoms with Crippen molar-refractivity contribution in [1.29, 1.82) is 0 Å². The predicted molar refractivity (Wildman–Crippen MR) is 95.5 cm³/mol. The number of aliphatic imine (C=N–C) groups is 1. The molecule has 110 valence electrons. The molecule has 4 nitrogen and oxygen atoms in total. The van der Waals surface area contributed by atoms with Crippen LogP contribution in [0.15, 0.2) is 4.99 Å². The molecule has 2 N–H and O–H groups in total. The lowest BCUT2D eigenvalue weighted by molar-refractivity contribution is 0.399. The van der Waals surface area contributed by atoms with Crippen molar-refractivity contribution in [2.75, 3.05) is 47.0 Å². The number of rotatable bonds is 7. The molecule has 0 aromatic rings. The van der Waals surface area contributed by atoms with Crippen molar-refractivity contribution in [3.63, 3.8) is 0 Å². The van der Waals surface area contributed by atoms with Crippen molar-refractivity contribution in [2.24, 2.45) is 4.99 Å². The van der Waals surface area contributed by atoms with E-state index in [-0.39, 0.29) is 28.7 Å². The topological polar surface area (TPSA) is 39.7 Å². The summed E-state index contributed by atoms with van der Waals surface area (Å²) in [6.07, 6.45) is 3.26. The Morgan fingerprint density at radius 2 is 1.89 bits per heavy atom. The summed E-state index contributed by atoms with van der Waals surface area (Å²) < 4.78 is 0.237. The van der Waals surface area contributed by atoms with Crippen LogP contribution in [0, 0.1) is 0 Å². The highest BCUT2D eigenvalue weighted by molar-refractivity contribution is 14.0. The molecule has 0 spiro atoms. The third kappa shape index (κ3) is 11.4. The molecule has 0 aromatic heterocycles. The fourth-order valence-electron chi connectivity index (χ4n) is 1.19. The minimum absolute atomic E-state index is 0. The second-order valence-corrected chi connectivity index (χ2v) is 6.49. The van der Waals surface area contributed by atoms with E-state index in [0.717, 1.165) is 32.0 Å². The molecule has 18 heavy (non-hydrogen) atoms. The maximum atomic E-state index is 4.21. The van der Waals surface area contributed by atoms with Gasteiger partial charge in [0.25, 0.3) is 0 Å². The molecular weight excluding hydrogens is 359 g/mol. The highest BCUT2D eigenvalue weighted by Crippen LogP contribution is 2.19. The van der Waals surface area contributed by atoms with Gasteiger partial charge >= 0.3 is 0 Å². The van der Waals surface area contributed by atoms with Crippen molar-refractivity contribution >= 4 is 41.7 Å². The van der Waals surface area contributed by atoms with E-state index >= 15 is 0 Å². The van der Waals surface area contributed by atoms with Crippen LogP contribution < -0.4 is 10.6 Å². The van der Waals surface area contributed by atoms with E-state index in [1.165, 1.54) is 0 Å². The molecule has 0 aromatic carbocycles. The predicted octanol–water partition coefficient (Wildman–Crippen LogP) is 1.86. The Morgan fingerprint density at radius 3 is 2.33 bits per heavy atom. The number of hydrogen-bond donors (Lipinski definition) is 2. The van der Waals surface area contributed by atoms with Gasteiger partial charge in [0, 0.05) is 24.9 Å². The van der Waals surface area contributed by atoms with Crippen molar-refractivity contribution in [3.05, 3.63) is 0 Å². The van der Waals surface area contributed by atoms with Gasteiger partial charge < -0.3 is 15.5 Å². The van der Waals surface area contributed by atoms with Crippen molar-refractivity contribution in [1.82, 2.24) is 15.5 Å². The number of halogens is 1. The van der Waals surface area contributed by atoms with E-state index in [1.807, 2.05) is 18.8 Å². The number of guanidine groups is 1. The monoisotopic (exact) mass is 388 g/mol. The zero-order valence-corrected chi connectivity index (χ0v) is 15.7.